The van der Waals surface area contributed by atoms with Crippen LogP contribution in [-0.4, -0.2) is 48.3 Å². The first-order chi connectivity index (χ1) is 16.8. The largest absolute Gasteiger partial charge is 0.508 e. The quantitative estimate of drug-likeness (QED) is 0.355. The van der Waals surface area contributed by atoms with Gasteiger partial charge < -0.3 is 24.6 Å². The number of anilines is 1. The van der Waals surface area contributed by atoms with Crippen molar-refractivity contribution in [2.45, 2.75) is 39.8 Å². The van der Waals surface area contributed by atoms with E-state index in [0.29, 0.717) is 52.9 Å². The predicted molar refractivity (Wildman–Crippen MR) is 138 cm³/mol. The molecule has 0 radical (unpaired) electrons. The van der Waals surface area contributed by atoms with E-state index in [1.165, 1.54) is 6.07 Å². The lowest BCUT2D eigenvalue weighted by Gasteiger charge is -2.30. The number of ether oxygens (including phenoxy) is 3. The standard InChI is InChI=1S/C28H34N2O5/c1-19(2)30(20(3)4)15-16-34-27-17-22(11-14-26(27)33-5)29-28(32)21-9-12-24(13-10-21)35-25-8-6-7-23(31)18-25/h6-14,17-20,31H,15-16H2,1-5H3,(H,29,32). The van der Waals surface area contributed by atoms with E-state index in [9.17, 15) is 9.90 Å². The van der Waals surface area contributed by atoms with Crippen LogP contribution >= 0.6 is 0 Å². The predicted octanol–water partition coefficient (Wildman–Crippen LogP) is 5.94. The average Bonchev–Trinajstić information content (AvgIpc) is 2.82. The van der Waals surface area contributed by atoms with Crippen LogP contribution in [0.3, 0.4) is 0 Å². The van der Waals surface area contributed by atoms with Gasteiger partial charge in [0.05, 0.1) is 7.11 Å². The van der Waals surface area contributed by atoms with Gasteiger partial charge in [0.25, 0.3) is 5.91 Å². The molecule has 0 aromatic heterocycles. The van der Waals surface area contributed by atoms with Crippen molar-refractivity contribution in [1.82, 2.24) is 4.90 Å². The molecule has 0 saturated carbocycles. The summed E-state index contributed by atoms with van der Waals surface area (Å²) in [6, 6.07) is 19.5. The molecule has 0 aliphatic heterocycles. The van der Waals surface area contributed by atoms with Gasteiger partial charge in [0.1, 0.15) is 23.9 Å². The molecule has 7 nitrogen and oxygen atoms in total. The molecule has 3 aromatic carbocycles. The van der Waals surface area contributed by atoms with E-state index in [1.54, 1.807) is 67.8 Å². The Morgan fingerprint density at radius 3 is 2.26 bits per heavy atom. The smallest absolute Gasteiger partial charge is 0.255 e. The minimum atomic E-state index is -0.254. The molecule has 7 heteroatoms. The van der Waals surface area contributed by atoms with Crippen LogP contribution in [0.15, 0.2) is 66.7 Å². The van der Waals surface area contributed by atoms with Gasteiger partial charge in [-0.1, -0.05) is 6.07 Å². The summed E-state index contributed by atoms with van der Waals surface area (Å²) in [7, 11) is 1.59. The van der Waals surface area contributed by atoms with Crippen LogP contribution in [0.4, 0.5) is 5.69 Å². The highest BCUT2D eigenvalue weighted by atomic mass is 16.5. The molecule has 0 fully saturated rings. The molecule has 3 rings (SSSR count). The second-order valence-electron chi connectivity index (χ2n) is 8.72. The lowest BCUT2D eigenvalue weighted by Crippen LogP contribution is -2.39. The summed E-state index contributed by atoms with van der Waals surface area (Å²) in [5.41, 5.74) is 1.09. The molecule has 0 spiro atoms. The van der Waals surface area contributed by atoms with E-state index in [0.717, 1.165) is 6.54 Å². The fourth-order valence-corrected chi connectivity index (χ4v) is 3.80. The van der Waals surface area contributed by atoms with E-state index >= 15 is 0 Å². The van der Waals surface area contributed by atoms with Crippen molar-refractivity contribution >= 4 is 11.6 Å². The minimum Gasteiger partial charge on any atom is -0.508 e. The van der Waals surface area contributed by atoms with Crippen molar-refractivity contribution in [3.63, 3.8) is 0 Å². The Morgan fingerprint density at radius 1 is 0.914 bits per heavy atom. The van der Waals surface area contributed by atoms with Gasteiger partial charge >= 0.3 is 0 Å². The molecular formula is C28H34N2O5. The summed E-state index contributed by atoms with van der Waals surface area (Å²) >= 11 is 0. The van der Waals surface area contributed by atoms with Crippen molar-refractivity contribution in [3.05, 3.63) is 72.3 Å². The molecule has 186 valence electrons. The van der Waals surface area contributed by atoms with Crippen LogP contribution in [-0.2, 0) is 0 Å². The number of methoxy groups -OCH3 is 1. The van der Waals surface area contributed by atoms with E-state index in [1.807, 2.05) is 0 Å². The van der Waals surface area contributed by atoms with Gasteiger partial charge in [-0.3, -0.25) is 9.69 Å². The molecule has 0 aliphatic rings. The minimum absolute atomic E-state index is 0.124. The third-order valence-electron chi connectivity index (χ3n) is 5.52. The number of nitrogens with zero attached hydrogens (tertiary/aromatic N) is 1. The monoisotopic (exact) mass is 478 g/mol. The fraction of sp³-hybridized carbons (Fsp3) is 0.321. The summed E-state index contributed by atoms with van der Waals surface area (Å²) in [4.78, 5) is 15.1. The SMILES string of the molecule is COc1ccc(NC(=O)c2ccc(Oc3cccc(O)c3)cc2)cc1OCCN(C(C)C)C(C)C. The van der Waals surface area contributed by atoms with Gasteiger partial charge in [0.2, 0.25) is 0 Å². The van der Waals surface area contributed by atoms with Gasteiger partial charge in [-0.15, -0.1) is 0 Å². The highest BCUT2D eigenvalue weighted by Crippen LogP contribution is 2.31. The maximum atomic E-state index is 12.8. The Bertz CT molecular complexity index is 1100. The normalized spacial score (nSPS) is 11.1. The van der Waals surface area contributed by atoms with Crippen molar-refractivity contribution in [2.75, 3.05) is 25.6 Å². The average molecular weight is 479 g/mol. The van der Waals surface area contributed by atoms with Crippen molar-refractivity contribution in [1.29, 1.82) is 0 Å². The molecule has 0 saturated heterocycles. The Balaban J connectivity index is 1.63. The number of aromatic hydroxyl groups is 1. The molecular weight excluding hydrogens is 444 g/mol. The number of hydrogen-bond acceptors (Lipinski definition) is 6. The number of benzene rings is 3. The fourth-order valence-electron chi connectivity index (χ4n) is 3.80. The molecule has 0 aliphatic carbocycles. The Kier molecular flexibility index (Phi) is 8.98. The summed E-state index contributed by atoms with van der Waals surface area (Å²) in [6.07, 6.45) is 0. The maximum absolute atomic E-state index is 12.8. The Labute approximate surface area is 207 Å². The molecule has 35 heavy (non-hydrogen) atoms. The van der Waals surface area contributed by atoms with Crippen molar-refractivity contribution < 1.29 is 24.1 Å². The number of carbonyl (C=O) groups excluding carboxylic acids is 1. The number of nitrogens with one attached hydrogen (secondary N) is 1. The third kappa shape index (κ3) is 7.39. The first kappa shape index (κ1) is 25.9. The topological polar surface area (TPSA) is 80.3 Å². The lowest BCUT2D eigenvalue weighted by atomic mass is 10.2. The third-order valence-corrected chi connectivity index (χ3v) is 5.52. The summed E-state index contributed by atoms with van der Waals surface area (Å²) in [5, 5.41) is 12.5. The maximum Gasteiger partial charge on any atom is 0.255 e. The lowest BCUT2D eigenvalue weighted by molar-refractivity contribution is 0.102. The van der Waals surface area contributed by atoms with Gasteiger partial charge in [-0.25, -0.2) is 0 Å². The highest BCUT2D eigenvalue weighted by molar-refractivity contribution is 6.04. The van der Waals surface area contributed by atoms with Crippen molar-refractivity contribution in [2.24, 2.45) is 0 Å². The second-order valence-corrected chi connectivity index (χ2v) is 8.72. The van der Waals surface area contributed by atoms with Gasteiger partial charge in [-0.05, 0) is 76.2 Å². The summed E-state index contributed by atoms with van der Waals surface area (Å²) in [6.45, 7) is 9.96. The zero-order valence-corrected chi connectivity index (χ0v) is 20.9. The number of hydrogen-bond donors (Lipinski definition) is 2. The molecule has 1 amide bonds. The number of carbonyl (C=O) groups is 1. The van der Waals surface area contributed by atoms with Crippen LogP contribution in [0.2, 0.25) is 0 Å². The van der Waals surface area contributed by atoms with E-state index in [2.05, 4.69) is 37.9 Å². The first-order valence-corrected chi connectivity index (χ1v) is 11.7. The summed E-state index contributed by atoms with van der Waals surface area (Å²) in [5.74, 6) is 2.13. The van der Waals surface area contributed by atoms with Crippen LogP contribution in [0.25, 0.3) is 0 Å². The van der Waals surface area contributed by atoms with E-state index in [4.69, 9.17) is 14.2 Å². The molecule has 3 aromatic rings. The molecule has 2 N–H and O–H groups in total. The highest BCUT2D eigenvalue weighted by Gasteiger charge is 2.15. The second kappa shape index (κ2) is 12.1. The number of amides is 1. The zero-order valence-electron chi connectivity index (χ0n) is 20.9. The van der Waals surface area contributed by atoms with Crippen LogP contribution in [0.5, 0.6) is 28.7 Å². The van der Waals surface area contributed by atoms with Gasteiger partial charge in [0, 0.05) is 42.0 Å². The van der Waals surface area contributed by atoms with E-state index < -0.39 is 0 Å². The van der Waals surface area contributed by atoms with Crippen molar-refractivity contribution in [3.8, 4) is 28.7 Å². The van der Waals surface area contributed by atoms with E-state index in [-0.39, 0.29) is 11.7 Å². The zero-order chi connectivity index (χ0) is 25.4. The first-order valence-electron chi connectivity index (χ1n) is 11.7. The Morgan fingerprint density at radius 2 is 1.63 bits per heavy atom. The van der Waals surface area contributed by atoms with Crippen LogP contribution in [0.1, 0.15) is 38.1 Å². The number of phenols is 1. The molecule has 0 heterocycles. The number of phenolic OH excluding ortho intramolecular Hbond substituents is 1. The number of rotatable bonds is 11. The van der Waals surface area contributed by atoms with Crippen LogP contribution < -0.4 is 19.5 Å². The van der Waals surface area contributed by atoms with Crippen LogP contribution in [0, 0.1) is 0 Å². The summed E-state index contributed by atoms with van der Waals surface area (Å²) < 4.78 is 17.2. The van der Waals surface area contributed by atoms with Gasteiger partial charge in [0.15, 0.2) is 11.5 Å². The Hall–Kier alpha value is -3.71. The molecule has 0 atom stereocenters. The molecule has 0 bridgehead atoms. The van der Waals surface area contributed by atoms with Gasteiger partial charge in [-0.2, -0.15) is 0 Å². The molecule has 0 unspecified atom stereocenters.